The van der Waals surface area contributed by atoms with Gasteiger partial charge in [0.05, 0.1) is 27.7 Å². The lowest BCUT2D eigenvalue weighted by molar-refractivity contribution is -0.131. The quantitative estimate of drug-likeness (QED) is 0.586. The molecule has 0 amide bonds. The van der Waals surface area contributed by atoms with Crippen molar-refractivity contribution in [3.05, 3.63) is 43.8 Å². The Morgan fingerprint density at radius 2 is 2.09 bits per heavy atom. The Labute approximate surface area is 145 Å². The summed E-state index contributed by atoms with van der Waals surface area (Å²) >= 11 is 4.85. The van der Waals surface area contributed by atoms with Crippen molar-refractivity contribution in [1.82, 2.24) is 4.98 Å². The van der Waals surface area contributed by atoms with Gasteiger partial charge in [0.1, 0.15) is 11.5 Å². The SMILES string of the molecule is COc1cc(OC(C)=O)cc2c1C(c1scnc1C)=C(Br)C2=O. The molecule has 0 atom stereocenters. The molecule has 3 rings (SSSR count). The van der Waals surface area contributed by atoms with Crippen LogP contribution in [-0.2, 0) is 4.79 Å². The molecule has 118 valence electrons. The van der Waals surface area contributed by atoms with Gasteiger partial charge in [-0.15, -0.1) is 11.3 Å². The molecular formula is C16H12BrNO4S. The molecule has 5 nitrogen and oxygen atoms in total. The van der Waals surface area contributed by atoms with Crippen LogP contribution in [0.1, 0.15) is 33.4 Å². The third kappa shape index (κ3) is 2.60. The standard InChI is InChI=1S/C16H12BrNO4S/c1-7-16(23-6-18-7)13-12-10(15(20)14(13)17)4-9(22-8(2)19)5-11(12)21-3/h4-6H,1-3H3. The molecule has 23 heavy (non-hydrogen) atoms. The van der Waals surface area contributed by atoms with Gasteiger partial charge in [0.15, 0.2) is 0 Å². The highest BCUT2D eigenvalue weighted by Crippen LogP contribution is 2.47. The van der Waals surface area contributed by atoms with Crippen LogP contribution >= 0.6 is 27.3 Å². The third-order valence-electron chi connectivity index (χ3n) is 3.44. The zero-order valence-electron chi connectivity index (χ0n) is 12.6. The summed E-state index contributed by atoms with van der Waals surface area (Å²) in [7, 11) is 1.51. The molecule has 1 aliphatic rings. The van der Waals surface area contributed by atoms with Crippen molar-refractivity contribution < 1.29 is 19.1 Å². The molecule has 0 radical (unpaired) electrons. The van der Waals surface area contributed by atoms with Crippen LogP contribution in [0.2, 0.25) is 0 Å². The number of halogens is 1. The number of hydrogen-bond donors (Lipinski definition) is 0. The number of hydrogen-bond acceptors (Lipinski definition) is 6. The van der Waals surface area contributed by atoms with E-state index in [4.69, 9.17) is 9.47 Å². The molecule has 0 N–H and O–H groups in total. The first-order valence-corrected chi connectivity index (χ1v) is 8.37. The number of esters is 1. The average molecular weight is 394 g/mol. The Hall–Kier alpha value is -1.99. The number of benzene rings is 1. The van der Waals surface area contributed by atoms with Crippen molar-refractivity contribution in [2.24, 2.45) is 0 Å². The van der Waals surface area contributed by atoms with Gasteiger partial charge in [0.25, 0.3) is 0 Å². The lowest BCUT2D eigenvalue weighted by Crippen LogP contribution is -2.04. The molecule has 1 aromatic heterocycles. The van der Waals surface area contributed by atoms with Gasteiger partial charge in [-0.3, -0.25) is 9.59 Å². The number of carbonyl (C=O) groups is 2. The smallest absolute Gasteiger partial charge is 0.308 e. The van der Waals surface area contributed by atoms with Crippen molar-refractivity contribution in [2.75, 3.05) is 7.11 Å². The fourth-order valence-corrected chi connectivity index (χ4v) is 4.11. The third-order valence-corrected chi connectivity index (χ3v) is 5.15. The molecule has 0 saturated carbocycles. The number of aryl methyl sites for hydroxylation is 1. The number of nitrogens with zero attached hydrogens (tertiary/aromatic N) is 1. The number of ketones is 1. The molecule has 0 bridgehead atoms. The lowest BCUT2D eigenvalue weighted by atomic mass is 10.0. The molecular weight excluding hydrogens is 382 g/mol. The second kappa shape index (κ2) is 5.90. The summed E-state index contributed by atoms with van der Waals surface area (Å²) in [4.78, 5) is 28.9. The van der Waals surface area contributed by atoms with Gasteiger partial charge in [0, 0.05) is 29.7 Å². The van der Waals surface area contributed by atoms with E-state index in [9.17, 15) is 9.59 Å². The van der Waals surface area contributed by atoms with E-state index in [0.717, 1.165) is 16.1 Å². The summed E-state index contributed by atoms with van der Waals surface area (Å²) in [6.07, 6.45) is 0. The Kier molecular flexibility index (Phi) is 4.08. The number of fused-ring (bicyclic) bond motifs is 1. The normalized spacial score (nSPS) is 13.3. The first-order chi connectivity index (χ1) is 10.9. The van der Waals surface area contributed by atoms with E-state index >= 15 is 0 Å². The fourth-order valence-electron chi connectivity index (χ4n) is 2.51. The van der Waals surface area contributed by atoms with Gasteiger partial charge in [0.2, 0.25) is 5.78 Å². The number of rotatable bonds is 3. The maximum Gasteiger partial charge on any atom is 0.308 e. The van der Waals surface area contributed by atoms with Crippen LogP contribution in [0.15, 0.2) is 22.1 Å². The van der Waals surface area contributed by atoms with Crippen LogP contribution in [0.25, 0.3) is 5.57 Å². The van der Waals surface area contributed by atoms with E-state index < -0.39 is 5.97 Å². The average Bonchev–Trinajstić information content (AvgIpc) is 3.01. The topological polar surface area (TPSA) is 65.5 Å². The Balaban J connectivity index is 2.24. The number of Topliss-reactive ketones (excluding diaryl/α,β-unsaturated/α-hetero) is 1. The Bertz CT molecular complexity index is 869. The molecule has 0 saturated heterocycles. The van der Waals surface area contributed by atoms with Crippen LogP contribution < -0.4 is 9.47 Å². The zero-order valence-corrected chi connectivity index (χ0v) is 15.0. The molecule has 0 unspecified atom stereocenters. The minimum absolute atomic E-state index is 0.171. The van der Waals surface area contributed by atoms with E-state index in [1.807, 2.05) is 6.92 Å². The van der Waals surface area contributed by atoms with Gasteiger partial charge in [-0.2, -0.15) is 0 Å². The molecule has 7 heteroatoms. The monoisotopic (exact) mass is 393 g/mol. The van der Waals surface area contributed by atoms with E-state index in [-0.39, 0.29) is 11.5 Å². The molecule has 0 spiro atoms. The predicted octanol–water partition coefficient (Wildman–Crippen LogP) is 3.74. The minimum Gasteiger partial charge on any atom is -0.496 e. The Morgan fingerprint density at radius 1 is 1.35 bits per heavy atom. The van der Waals surface area contributed by atoms with Crippen LogP contribution in [0.3, 0.4) is 0 Å². The summed E-state index contributed by atoms with van der Waals surface area (Å²) in [6, 6.07) is 3.17. The maximum atomic E-state index is 12.6. The highest BCUT2D eigenvalue weighted by molar-refractivity contribution is 9.12. The molecule has 0 aliphatic heterocycles. The van der Waals surface area contributed by atoms with Crippen molar-refractivity contribution >= 4 is 44.6 Å². The van der Waals surface area contributed by atoms with Gasteiger partial charge in [-0.1, -0.05) is 0 Å². The van der Waals surface area contributed by atoms with Gasteiger partial charge >= 0.3 is 5.97 Å². The summed E-state index contributed by atoms with van der Waals surface area (Å²) < 4.78 is 11.0. The number of thiazole rings is 1. The van der Waals surface area contributed by atoms with E-state index in [2.05, 4.69) is 20.9 Å². The van der Waals surface area contributed by atoms with E-state index in [0.29, 0.717) is 21.4 Å². The van der Waals surface area contributed by atoms with Crippen molar-refractivity contribution in [2.45, 2.75) is 13.8 Å². The van der Waals surface area contributed by atoms with Crippen LogP contribution in [-0.4, -0.2) is 23.8 Å². The number of ether oxygens (including phenoxy) is 2. The number of carbonyl (C=O) groups excluding carboxylic acids is 2. The lowest BCUT2D eigenvalue weighted by Gasteiger charge is -2.12. The largest absolute Gasteiger partial charge is 0.496 e. The summed E-state index contributed by atoms with van der Waals surface area (Å²) in [5, 5.41) is 0. The molecule has 1 aliphatic carbocycles. The van der Waals surface area contributed by atoms with Crippen LogP contribution in [0.4, 0.5) is 0 Å². The first kappa shape index (κ1) is 15.9. The van der Waals surface area contributed by atoms with Gasteiger partial charge < -0.3 is 9.47 Å². The zero-order chi connectivity index (χ0) is 16.7. The second-order valence-corrected chi connectivity index (χ2v) is 6.57. The van der Waals surface area contributed by atoms with Crippen molar-refractivity contribution in [1.29, 1.82) is 0 Å². The van der Waals surface area contributed by atoms with E-state index in [1.165, 1.54) is 25.4 Å². The van der Waals surface area contributed by atoms with E-state index in [1.54, 1.807) is 17.6 Å². The summed E-state index contributed by atoms with van der Waals surface area (Å²) in [6.45, 7) is 3.20. The van der Waals surface area contributed by atoms with Crippen molar-refractivity contribution in [3.8, 4) is 11.5 Å². The summed E-state index contributed by atoms with van der Waals surface area (Å²) in [5.74, 6) is 0.131. The molecule has 0 fully saturated rings. The number of allylic oxidation sites excluding steroid dienone is 1. The highest BCUT2D eigenvalue weighted by Gasteiger charge is 2.34. The summed E-state index contributed by atoms with van der Waals surface area (Å²) in [5.41, 5.74) is 4.47. The highest BCUT2D eigenvalue weighted by atomic mass is 79.9. The van der Waals surface area contributed by atoms with Crippen LogP contribution in [0, 0.1) is 6.92 Å². The molecule has 1 aromatic carbocycles. The Morgan fingerprint density at radius 3 is 2.65 bits per heavy atom. The van der Waals surface area contributed by atoms with Gasteiger partial charge in [-0.25, -0.2) is 4.98 Å². The maximum absolute atomic E-state index is 12.6. The fraction of sp³-hybridized carbons (Fsp3) is 0.188. The molecule has 2 aromatic rings. The number of methoxy groups -OCH3 is 1. The van der Waals surface area contributed by atoms with Crippen LogP contribution in [0.5, 0.6) is 11.5 Å². The number of aromatic nitrogens is 1. The first-order valence-electron chi connectivity index (χ1n) is 6.69. The second-order valence-electron chi connectivity index (χ2n) is 4.93. The minimum atomic E-state index is -0.456. The van der Waals surface area contributed by atoms with Crippen molar-refractivity contribution in [3.63, 3.8) is 0 Å². The molecule has 1 heterocycles. The predicted molar refractivity (Wildman–Crippen MR) is 90.4 cm³/mol. The van der Waals surface area contributed by atoms with Gasteiger partial charge in [-0.05, 0) is 28.9 Å².